The van der Waals surface area contributed by atoms with E-state index in [4.69, 9.17) is 5.73 Å². The molecule has 86 valence electrons. The highest BCUT2D eigenvalue weighted by Crippen LogP contribution is 2.07. The van der Waals surface area contributed by atoms with Gasteiger partial charge in [-0.1, -0.05) is 45.4 Å². The molecule has 15 heavy (non-hydrogen) atoms. The van der Waals surface area contributed by atoms with Gasteiger partial charge in [-0.3, -0.25) is 0 Å². The van der Waals surface area contributed by atoms with E-state index in [1.165, 1.54) is 38.5 Å². The first-order chi connectivity index (χ1) is 7.33. The fraction of sp³-hybridized carbons (Fsp3) is 0.818. The van der Waals surface area contributed by atoms with Crippen LogP contribution in [0.1, 0.15) is 51.9 Å². The molecule has 0 radical (unpaired) electrons. The number of aryl methyl sites for hydroxylation is 1. The molecule has 0 saturated heterocycles. The van der Waals surface area contributed by atoms with Gasteiger partial charge >= 0.3 is 0 Å². The molecule has 0 atom stereocenters. The molecule has 2 N–H and O–H groups in total. The van der Waals surface area contributed by atoms with Gasteiger partial charge in [-0.05, 0) is 6.42 Å². The molecular weight excluding hydrogens is 188 g/mol. The minimum absolute atomic E-state index is 0.512. The molecule has 0 aliphatic heterocycles. The van der Waals surface area contributed by atoms with Crippen molar-refractivity contribution in [2.24, 2.45) is 0 Å². The first-order valence-electron chi connectivity index (χ1n) is 5.98. The first kappa shape index (κ1) is 12.0. The zero-order valence-corrected chi connectivity index (χ0v) is 9.65. The van der Waals surface area contributed by atoms with Crippen LogP contribution in [-0.2, 0) is 6.54 Å². The second kappa shape index (κ2) is 7.26. The summed E-state index contributed by atoms with van der Waals surface area (Å²) in [6.07, 6.45) is 10.8. The van der Waals surface area contributed by atoms with Gasteiger partial charge in [0.05, 0.1) is 12.7 Å². The van der Waals surface area contributed by atoms with E-state index in [1.54, 1.807) is 11.0 Å². The number of unbranched alkanes of at least 4 members (excludes halogenated alkanes) is 6. The van der Waals surface area contributed by atoms with Crippen LogP contribution in [0.5, 0.6) is 0 Å². The minimum Gasteiger partial charge on any atom is -0.381 e. The number of aromatic nitrogens is 3. The minimum atomic E-state index is 0.512. The summed E-state index contributed by atoms with van der Waals surface area (Å²) < 4.78 is 0. The maximum Gasteiger partial charge on any atom is 0.165 e. The van der Waals surface area contributed by atoms with Crippen molar-refractivity contribution in [3.05, 3.63) is 6.20 Å². The lowest BCUT2D eigenvalue weighted by Crippen LogP contribution is -2.02. The largest absolute Gasteiger partial charge is 0.381 e. The number of rotatable bonds is 8. The smallest absolute Gasteiger partial charge is 0.165 e. The van der Waals surface area contributed by atoms with Gasteiger partial charge in [0.15, 0.2) is 5.82 Å². The Kier molecular flexibility index (Phi) is 5.81. The number of hydrogen-bond donors (Lipinski definition) is 1. The zero-order chi connectivity index (χ0) is 10.9. The molecule has 0 unspecified atom stereocenters. The predicted molar refractivity (Wildman–Crippen MR) is 62.4 cm³/mol. The summed E-state index contributed by atoms with van der Waals surface area (Å²) >= 11 is 0. The van der Waals surface area contributed by atoms with E-state index in [0.29, 0.717) is 5.82 Å². The lowest BCUT2D eigenvalue weighted by atomic mass is 10.1. The van der Waals surface area contributed by atoms with E-state index in [1.807, 2.05) is 0 Å². The van der Waals surface area contributed by atoms with E-state index in [0.717, 1.165) is 13.0 Å². The van der Waals surface area contributed by atoms with Gasteiger partial charge in [0.1, 0.15) is 0 Å². The van der Waals surface area contributed by atoms with Gasteiger partial charge in [0, 0.05) is 0 Å². The molecule has 4 heteroatoms. The molecule has 0 bridgehead atoms. The van der Waals surface area contributed by atoms with Gasteiger partial charge in [-0.2, -0.15) is 9.90 Å². The lowest BCUT2D eigenvalue weighted by Gasteiger charge is -2.00. The van der Waals surface area contributed by atoms with Crippen molar-refractivity contribution in [1.82, 2.24) is 15.0 Å². The van der Waals surface area contributed by atoms with Crippen molar-refractivity contribution >= 4 is 5.82 Å². The highest BCUT2D eigenvalue weighted by atomic mass is 15.5. The third kappa shape index (κ3) is 5.40. The van der Waals surface area contributed by atoms with Gasteiger partial charge in [0.25, 0.3) is 0 Å². The Bertz CT molecular complexity index is 257. The fourth-order valence-corrected chi connectivity index (χ4v) is 1.63. The van der Waals surface area contributed by atoms with E-state index < -0.39 is 0 Å². The highest BCUT2D eigenvalue weighted by molar-refractivity contribution is 5.19. The second-order valence-electron chi connectivity index (χ2n) is 3.99. The molecule has 0 aliphatic rings. The molecular formula is C11H22N4. The molecule has 0 spiro atoms. The Morgan fingerprint density at radius 1 is 1.13 bits per heavy atom. The lowest BCUT2D eigenvalue weighted by molar-refractivity contribution is 0.483. The zero-order valence-electron chi connectivity index (χ0n) is 9.65. The summed E-state index contributed by atoms with van der Waals surface area (Å²) in [4.78, 5) is 1.68. The van der Waals surface area contributed by atoms with E-state index >= 15 is 0 Å². The highest BCUT2D eigenvalue weighted by Gasteiger charge is 1.96. The maximum absolute atomic E-state index is 5.47. The predicted octanol–water partition coefficient (Wildman–Crippen LogP) is 2.61. The van der Waals surface area contributed by atoms with Crippen LogP contribution >= 0.6 is 0 Å². The maximum atomic E-state index is 5.47. The van der Waals surface area contributed by atoms with E-state index in [-0.39, 0.29) is 0 Å². The Morgan fingerprint density at radius 2 is 1.80 bits per heavy atom. The number of nitrogens with zero attached hydrogens (tertiary/aromatic N) is 3. The summed E-state index contributed by atoms with van der Waals surface area (Å²) in [6.45, 7) is 3.14. The first-order valence-corrected chi connectivity index (χ1v) is 5.98. The summed E-state index contributed by atoms with van der Waals surface area (Å²) in [5.74, 6) is 0.512. The standard InChI is InChI=1S/C11H22N4/c1-2-3-4-5-6-7-8-9-15-13-10-11(12)14-15/h10H,2-9H2,1H3,(H2,12,14). The molecule has 0 saturated carbocycles. The molecule has 0 aliphatic carbocycles. The van der Waals surface area contributed by atoms with Crippen molar-refractivity contribution in [3.8, 4) is 0 Å². The summed E-state index contributed by atoms with van der Waals surface area (Å²) in [5.41, 5.74) is 5.47. The number of nitrogen functional groups attached to an aromatic ring is 1. The summed E-state index contributed by atoms with van der Waals surface area (Å²) in [6, 6.07) is 0. The third-order valence-corrected chi connectivity index (χ3v) is 2.52. The van der Waals surface area contributed by atoms with E-state index in [9.17, 15) is 0 Å². The summed E-state index contributed by atoms with van der Waals surface area (Å²) in [7, 11) is 0. The van der Waals surface area contributed by atoms with Crippen molar-refractivity contribution < 1.29 is 0 Å². The molecule has 4 nitrogen and oxygen atoms in total. The van der Waals surface area contributed by atoms with Crippen molar-refractivity contribution in [3.63, 3.8) is 0 Å². The average Bonchev–Trinajstić information content (AvgIpc) is 2.63. The van der Waals surface area contributed by atoms with Crippen LogP contribution in [0.4, 0.5) is 5.82 Å². The molecule has 1 heterocycles. The number of nitrogens with two attached hydrogens (primary N) is 1. The molecule has 0 fully saturated rings. The second-order valence-corrected chi connectivity index (χ2v) is 3.99. The van der Waals surface area contributed by atoms with Crippen LogP contribution in [0, 0.1) is 0 Å². The average molecular weight is 210 g/mol. The molecule has 1 aromatic heterocycles. The van der Waals surface area contributed by atoms with Crippen LogP contribution in [0.25, 0.3) is 0 Å². The Labute approximate surface area is 91.9 Å². The summed E-state index contributed by atoms with van der Waals surface area (Å²) in [5, 5.41) is 8.08. The number of hydrogen-bond acceptors (Lipinski definition) is 3. The fourth-order valence-electron chi connectivity index (χ4n) is 1.63. The Balaban J connectivity index is 1.93. The number of anilines is 1. The quantitative estimate of drug-likeness (QED) is 0.671. The van der Waals surface area contributed by atoms with E-state index in [2.05, 4.69) is 17.1 Å². The van der Waals surface area contributed by atoms with Gasteiger partial charge in [0.2, 0.25) is 0 Å². The SMILES string of the molecule is CCCCCCCCCn1ncc(N)n1. The van der Waals surface area contributed by atoms with Crippen molar-refractivity contribution in [1.29, 1.82) is 0 Å². The normalized spacial score (nSPS) is 10.7. The molecule has 1 rings (SSSR count). The van der Waals surface area contributed by atoms with Crippen LogP contribution in [0.3, 0.4) is 0 Å². The van der Waals surface area contributed by atoms with Crippen molar-refractivity contribution in [2.45, 2.75) is 58.4 Å². The van der Waals surface area contributed by atoms with Crippen LogP contribution in [0.15, 0.2) is 6.20 Å². The van der Waals surface area contributed by atoms with Gasteiger partial charge in [-0.15, -0.1) is 5.10 Å². The van der Waals surface area contributed by atoms with Gasteiger partial charge in [-0.25, -0.2) is 0 Å². The van der Waals surface area contributed by atoms with Gasteiger partial charge < -0.3 is 5.73 Å². The Hall–Kier alpha value is -1.06. The van der Waals surface area contributed by atoms with Crippen LogP contribution in [-0.4, -0.2) is 15.0 Å². The molecule has 0 amide bonds. The Morgan fingerprint density at radius 3 is 2.40 bits per heavy atom. The third-order valence-electron chi connectivity index (χ3n) is 2.52. The molecule has 1 aromatic rings. The monoisotopic (exact) mass is 210 g/mol. The topological polar surface area (TPSA) is 56.7 Å². The van der Waals surface area contributed by atoms with Crippen molar-refractivity contribution in [2.75, 3.05) is 5.73 Å². The molecule has 0 aromatic carbocycles. The van der Waals surface area contributed by atoms with Crippen LogP contribution in [0.2, 0.25) is 0 Å². The van der Waals surface area contributed by atoms with Crippen LogP contribution < -0.4 is 5.73 Å².